The number of hydrogen-bond donors (Lipinski definition) is 1. The largest absolute Gasteiger partial charge is 0.416 e. The number of alkyl halides is 3. The Hall–Kier alpha value is -3.05. The lowest BCUT2D eigenvalue weighted by Crippen LogP contribution is -2.17. The number of aromatic nitrogens is 1. The van der Waals surface area contributed by atoms with Gasteiger partial charge in [-0.15, -0.1) is 0 Å². The molecule has 4 rings (SSSR count). The van der Waals surface area contributed by atoms with Crippen molar-refractivity contribution in [3.63, 3.8) is 0 Å². The van der Waals surface area contributed by atoms with Crippen LogP contribution in [-0.4, -0.2) is 4.57 Å². The Balaban J connectivity index is 1.67. The summed E-state index contributed by atoms with van der Waals surface area (Å²) >= 11 is 0. The van der Waals surface area contributed by atoms with Gasteiger partial charge in [0, 0.05) is 41.8 Å². The van der Waals surface area contributed by atoms with Gasteiger partial charge in [-0.05, 0) is 54.8 Å². The maximum atomic E-state index is 13.2. The minimum absolute atomic E-state index is 0.195. The van der Waals surface area contributed by atoms with Crippen LogP contribution in [0.2, 0.25) is 0 Å². The SMILES string of the molecule is CCn1cc(-c2cccc(C(F)(F)F)c2)c2cc(CN[C@H](C)c3ccccc3)ccc21. The van der Waals surface area contributed by atoms with Gasteiger partial charge in [0.1, 0.15) is 0 Å². The standard InChI is InChI=1S/C26H25F3N2/c1-3-31-17-24(21-10-7-11-22(15-21)26(27,28)29)23-14-19(12-13-25(23)31)16-30-18(2)20-8-5-4-6-9-20/h4-15,17-18,30H,3,16H2,1-2H3/t18-/m1/s1. The molecule has 4 aromatic rings. The van der Waals surface area contributed by atoms with Gasteiger partial charge < -0.3 is 9.88 Å². The molecule has 2 nitrogen and oxygen atoms in total. The van der Waals surface area contributed by atoms with E-state index in [0.717, 1.165) is 34.6 Å². The minimum atomic E-state index is -4.36. The summed E-state index contributed by atoms with van der Waals surface area (Å²) in [5.74, 6) is 0. The molecule has 5 heteroatoms. The van der Waals surface area contributed by atoms with Gasteiger partial charge in [-0.25, -0.2) is 0 Å². The first-order valence-electron chi connectivity index (χ1n) is 10.4. The Kier molecular flexibility index (Phi) is 5.88. The summed E-state index contributed by atoms with van der Waals surface area (Å²) in [6, 6.07) is 22.2. The van der Waals surface area contributed by atoms with Crippen molar-refractivity contribution in [1.29, 1.82) is 0 Å². The lowest BCUT2D eigenvalue weighted by atomic mass is 10.0. The maximum absolute atomic E-state index is 13.2. The van der Waals surface area contributed by atoms with E-state index in [1.54, 1.807) is 6.07 Å². The first-order valence-corrected chi connectivity index (χ1v) is 10.4. The molecule has 0 spiro atoms. The van der Waals surface area contributed by atoms with Crippen molar-refractivity contribution in [2.75, 3.05) is 0 Å². The highest BCUT2D eigenvalue weighted by atomic mass is 19.4. The molecule has 0 bridgehead atoms. The van der Waals surface area contributed by atoms with Crippen molar-refractivity contribution in [2.45, 2.75) is 39.2 Å². The molecule has 0 radical (unpaired) electrons. The number of rotatable bonds is 6. The Morgan fingerprint density at radius 1 is 0.935 bits per heavy atom. The van der Waals surface area contributed by atoms with Crippen LogP contribution in [0, 0.1) is 0 Å². The van der Waals surface area contributed by atoms with E-state index in [1.807, 2.05) is 31.3 Å². The molecular weight excluding hydrogens is 397 g/mol. The van der Waals surface area contributed by atoms with Gasteiger partial charge in [-0.1, -0.05) is 48.5 Å². The molecule has 160 valence electrons. The Morgan fingerprint density at radius 3 is 2.42 bits per heavy atom. The van der Waals surface area contributed by atoms with Crippen LogP contribution in [0.15, 0.2) is 79.0 Å². The summed E-state index contributed by atoms with van der Waals surface area (Å²) in [5.41, 5.74) is 4.10. The van der Waals surface area contributed by atoms with Crippen LogP contribution >= 0.6 is 0 Å². The summed E-state index contributed by atoms with van der Waals surface area (Å²) in [7, 11) is 0. The van der Waals surface area contributed by atoms with Crippen molar-refractivity contribution < 1.29 is 13.2 Å². The highest BCUT2D eigenvalue weighted by molar-refractivity contribution is 5.96. The van der Waals surface area contributed by atoms with Crippen LogP contribution in [0.4, 0.5) is 13.2 Å². The van der Waals surface area contributed by atoms with E-state index in [1.165, 1.54) is 17.7 Å². The zero-order valence-corrected chi connectivity index (χ0v) is 17.6. The van der Waals surface area contributed by atoms with Gasteiger partial charge in [0.15, 0.2) is 0 Å². The van der Waals surface area contributed by atoms with E-state index in [0.29, 0.717) is 12.1 Å². The highest BCUT2D eigenvalue weighted by Gasteiger charge is 2.30. The third-order valence-corrected chi connectivity index (χ3v) is 5.70. The van der Waals surface area contributed by atoms with Crippen molar-refractivity contribution in [3.05, 3.63) is 95.7 Å². The average molecular weight is 422 g/mol. The van der Waals surface area contributed by atoms with Gasteiger partial charge in [-0.2, -0.15) is 13.2 Å². The van der Waals surface area contributed by atoms with E-state index in [2.05, 4.69) is 47.1 Å². The van der Waals surface area contributed by atoms with E-state index in [-0.39, 0.29) is 6.04 Å². The summed E-state index contributed by atoms with van der Waals surface area (Å²) in [6.45, 7) is 5.57. The molecule has 0 fully saturated rings. The summed E-state index contributed by atoms with van der Waals surface area (Å²) < 4.78 is 41.8. The molecule has 1 aromatic heterocycles. The lowest BCUT2D eigenvalue weighted by Gasteiger charge is -2.14. The predicted octanol–water partition coefficient (Wildman–Crippen LogP) is 7.20. The van der Waals surface area contributed by atoms with Crippen LogP contribution in [-0.2, 0) is 19.3 Å². The van der Waals surface area contributed by atoms with Gasteiger partial charge in [0.05, 0.1) is 5.56 Å². The minimum Gasteiger partial charge on any atom is -0.347 e. The van der Waals surface area contributed by atoms with Crippen LogP contribution in [0.1, 0.15) is 36.6 Å². The van der Waals surface area contributed by atoms with Crippen LogP contribution < -0.4 is 5.32 Å². The fourth-order valence-electron chi connectivity index (χ4n) is 3.94. The van der Waals surface area contributed by atoms with E-state index < -0.39 is 11.7 Å². The molecule has 3 aromatic carbocycles. The molecule has 0 amide bonds. The number of halogens is 3. The number of nitrogens with zero attached hydrogens (tertiary/aromatic N) is 1. The highest BCUT2D eigenvalue weighted by Crippen LogP contribution is 2.36. The number of nitrogens with one attached hydrogen (secondary N) is 1. The molecule has 1 atom stereocenters. The molecule has 0 unspecified atom stereocenters. The van der Waals surface area contributed by atoms with Gasteiger partial charge >= 0.3 is 6.18 Å². The quantitative estimate of drug-likeness (QED) is 0.348. The van der Waals surface area contributed by atoms with E-state index >= 15 is 0 Å². The second-order valence-corrected chi connectivity index (χ2v) is 7.77. The van der Waals surface area contributed by atoms with Crippen LogP contribution in [0.5, 0.6) is 0 Å². The number of fused-ring (bicyclic) bond motifs is 1. The topological polar surface area (TPSA) is 17.0 Å². The van der Waals surface area contributed by atoms with Crippen molar-refractivity contribution in [2.24, 2.45) is 0 Å². The van der Waals surface area contributed by atoms with Gasteiger partial charge in [0.2, 0.25) is 0 Å². The zero-order chi connectivity index (χ0) is 22.0. The predicted molar refractivity (Wildman–Crippen MR) is 120 cm³/mol. The van der Waals surface area contributed by atoms with Crippen molar-refractivity contribution >= 4 is 10.9 Å². The second-order valence-electron chi connectivity index (χ2n) is 7.77. The monoisotopic (exact) mass is 422 g/mol. The molecule has 0 saturated carbocycles. The van der Waals surface area contributed by atoms with Gasteiger partial charge in [-0.3, -0.25) is 0 Å². The summed E-state index contributed by atoms with van der Waals surface area (Å²) in [5, 5.41) is 4.50. The maximum Gasteiger partial charge on any atom is 0.416 e. The van der Waals surface area contributed by atoms with E-state index in [9.17, 15) is 13.2 Å². The second kappa shape index (κ2) is 8.60. The number of benzene rings is 3. The fourth-order valence-corrected chi connectivity index (χ4v) is 3.94. The number of hydrogen-bond acceptors (Lipinski definition) is 1. The molecule has 0 saturated heterocycles. The fraction of sp³-hybridized carbons (Fsp3) is 0.231. The van der Waals surface area contributed by atoms with Crippen molar-refractivity contribution in [1.82, 2.24) is 9.88 Å². The molecule has 1 N–H and O–H groups in total. The Labute approximate surface area is 180 Å². The first-order chi connectivity index (χ1) is 14.9. The average Bonchev–Trinajstić information content (AvgIpc) is 3.15. The van der Waals surface area contributed by atoms with Crippen LogP contribution in [0.25, 0.3) is 22.0 Å². The molecule has 1 heterocycles. The summed E-state index contributed by atoms with van der Waals surface area (Å²) in [4.78, 5) is 0. The molecule has 0 aliphatic carbocycles. The Morgan fingerprint density at radius 2 is 1.71 bits per heavy atom. The van der Waals surface area contributed by atoms with E-state index in [4.69, 9.17) is 0 Å². The molecular formula is C26H25F3N2. The lowest BCUT2D eigenvalue weighted by molar-refractivity contribution is -0.137. The number of aryl methyl sites for hydroxylation is 1. The molecule has 0 aliphatic heterocycles. The molecule has 0 aliphatic rings. The normalized spacial score (nSPS) is 12.9. The smallest absolute Gasteiger partial charge is 0.347 e. The first kappa shape index (κ1) is 21.2. The van der Waals surface area contributed by atoms with Crippen LogP contribution in [0.3, 0.4) is 0 Å². The van der Waals surface area contributed by atoms with Gasteiger partial charge in [0.25, 0.3) is 0 Å². The zero-order valence-electron chi connectivity index (χ0n) is 17.6. The molecule has 31 heavy (non-hydrogen) atoms. The third-order valence-electron chi connectivity index (χ3n) is 5.70. The van der Waals surface area contributed by atoms with Crippen molar-refractivity contribution in [3.8, 4) is 11.1 Å². The summed E-state index contributed by atoms with van der Waals surface area (Å²) in [6.07, 6.45) is -2.41. The Bertz CT molecular complexity index is 1180. The third kappa shape index (κ3) is 4.52.